The van der Waals surface area contributed by atoms with Gasteiger partial charge in [-0.15, -0.1) is 0 Å². The molecule has 1 saturated heterocycles. The maximum Gasteiger partial charge on any atom is 0.175 e. The Bertz CT molecular complexity index is 534. The number of piperidine rings is 1. The zero-order chi connectivity index (χ0) is 15.3. The average molecular weight is 310 g/mol. The molecular weight excluding hydrogens is 284 g/mol. The number of sulfone groups is 1. The van der Waals surface area contributed by atoms with E-state index in [2.05, 4.69) is 17.1 Å². The van der Waals surface area contributed by atoms with Crippen molar-refractivity contribution >= 4 is 9.84 Å². The van der Waals surface area contributed by atoms with Gasteiger partial charge in [0, 0.05) is 25.4 Å². The van der Waals surface area contributed by atoms with Crippen molar-refractivity contribution in [3.05, 3.63) is 29.8 Å². The molecular formula is C16H26N2O2S. The smallest absolute Gasteiger partial charge is 0.175 e. The van der Waals surface area contributed by atoms with E-state index in [4.69, 9.17) is 0 Å². The van der Waals surface area contributed by atoms with Crippen LogP contribution < -0.4 is 5.32 Å². The van der Waals surface area contributed by atoms with Crippen LogP contribution in [0.1, 0.15) is 31.7 Å². The van der Waals surface area contributed by atoms with Gasteiger partial charge in [0.1, 0.15) is 0 Å². The highest BCUT2D eigenvalue weighted by Crippen LogP contribution is 2.11. The first-order valence-corrected chi connectivity index (χ1v) is 9.59. The van der Waals surface area contributed by atoms with Crippen LogP contribution in [0, 0.1) is 0 Å². The molecule has 21 heavy (non-hydrogen) atoms. The van der Waals surface area contributed by atoms with Gasteiger partial charge in [0.2, 0.25) is 0 Å². The highest BCUT2D eigenvalue weighted by Gasteiger charge is 2.13. The summed E-state index contributed by atoms with van der Waals surface area (Å²) in [5.74, 6) is 0. The third-order valence-electron chi connectivity index (χ3n) is 3.99. The molecule has 1 aromatic carbocycles. The van der Waals surface area contributed by atoms with E-state index < -0.39 is 9.84 Å². The monoisotopic (exact) mass is 310 g/mol. The summed E-state index contributed by atoms with van der Waals surface area (Å²) >= 11 is 0. The molecule has 0 spiro atoms. The van der Waals surface area contributed by atoms with E-state index in [9.17, 15) is 8.42 Å². The van der Waals surface area contributed by atoms with Crippen molar-refractivity contribution in [2.45, 2.75) is 43.7 Å². The van der Waals surface area contributed by atoms with Crippen LogP contribution in [-0.2, 0) is 16.4 Å². The molecule has 0 bridgehead atoms. The van der Waals surface area contributed by atoms with Gasteiger partial charge in [0.15, 0.2) is 9.84 Å². The summed E-state index contributed by atoms with van der Waals surface area (Å²) in [6.07, 6.45) is 5.24. The SMILES string of the molecule is CC(CN1CCCCC1)NCc1ccc(S(C)(=O)=O)cc1. The molecule has 1 aliphatic rings. The summed E-state index contributed by atoms with van der Waals surface area (Å²) in [6, 6.07) is 7.58. The molecule has 0 aliphatic carbocycles. The molecule has 2 rings (SSSR count). The van der Waals surface area contributed by atoms with E-state index in [0.29, 0.717) is 10.9 Å². The van der Waals surface area contributed by atoms with Crippen LogP contribution in [-0.4, -0.2) is 45.2 Å². The highest BCUT2D eigenvalue weighted by molar-refractivity contribution is 7.90. The van der Waals surface area contributed by atoms with Crippen molar-refractivity contribution in [1.29, 1.82) is 0 Å². The van der Waals surface area contributed by atoms with E-state index in [1.165, 1.54) is 38.6 Å². The van der Waals surface area contributed by atoms with Crippen molar-refractivity contribution in [2.75, 3.05) is 25.9 Å². The molecule has 0 aromatic heterocycles. The van der Waals surface area contributed by atoms with Crippen LogP contribution in [0.4, 0.5) is 0 Å². The second-order valence-corrected chi connectivity index (χ2v) is 8.08. The van der Waals surface area contributed by atoms with Crippen molar-refractivity contribution in [2.24, 2.45) is 0 Å². The topological polar surface area (TPSA) is 49.4 Å². The number of likely N-dealkylation sites (tertiary alicyclic amines) is 1. The number of nitrogens with one attached hydrogen (secondary N) is 1. The summed E-state index contributed by atoms with van der Waals surface area (Å²) < 4.78 is 22.8. The lowest BCUT2D eigenvalue weighted by Crippen LogP contribution is -2.41. The van der Waals surface area contributed by atoms with Gasteiger partial charge in [0.25, 0.3) is 0 Å². The Morgan fingerprint density at radius 1 is 1.14 bits per heavy atom. The van der Waals surface area contributed by atoms with Crippen LogP contribution >= 0.6 is 0 Å². The van der Waals surface area contributed by atoms with E-state index in [-0.39, 0.29) is 0 Å². The van der Waals surface area contributed by atoms with Crippen LogP contribution in [0.25, 0.3) is 0 Å². The lowest BCUT2D eigenvalue weighted by molar-refractivity contribution is 0.209. The molecule has 1 unspecified atom stereocenters. The van der Waals surface area contributed by atoms with Gasteiger partial charge in [-0.1, -0.05) is 18.6 Å². The Hall–Kier alpha value is -0.910. The highest BCUT2D eigenvalue weighted by atomic mass is 32.2. The second-order valence-electron chi connectivity index (χ2n) is 6.06. The lowest BCUT2D eigenvalue weighted by atomic mass is 10.1. The normalized spacial score (nSPS) is 18.6. The minimum atomic E-state index is -3.10. The molecule has 1 aliphatic heterocycles. The Morgan fingerprint density at radius 3 is 2.33 bits per heavy atom. The van der Waals surface area contributed by atoms with Gasteiger partial charge < -0.3 is 10.2 Å². The largest absolute Gasteiger partial charge is 0.309 e. The predicted molar refractivity (Wildman–Crippen MR) is 86.1 cm³/mol. The fraction of sp³-hybridized carbons (Fsp3) is 0.625. The zero-order valence-electron chi connectivity index (χ0n) is 13.0. The molecule has 0 amide bonds. The van der Waals surface area contributed by atoms with E-state index in [0.717, 1.165) is 18.7 Å². The van der Waals surface area contributed by atoms with E-state index in [1.54, 1.807) is 12.1 Å². The Morgan fingerprint density at radius 2 is 1.76 bits per heavy atom. The minimum absolute atomic E-state index is 0.382. The number of benzene rings is 1. The van der Waals surface area contributed by atoms with E-state index >= 15 is 0 Å². The van der Waals surface area contributed by atoms with Gasteiger partial charge in [-0.05, 0) is 50.6 Å². The molecule has 4 nitrogen and oxygen atoms in total. The molecule has 118 valence electrons. The molecule has 0 saturated carbocycles. The van der Waals surface area contributed by atoms with Crippen molar-refractivity contribution in [1.82, 2.24) is 10.2 Å². The van der Waals surface area contributed by atoms with Gasteiger partial charge in [0.05, 0.1) is 4.90 Å². The Labute approximate surface area is 128 Å². The van der Waals surface area contributed by atoms with Crippen LogP contribution in [0.15, 0.2) is 29.2 Å². The van der Waals surface area contributed by atoms with Crippen LogP contribution in [0.2, 0.25) is 0 Å². The van der Waals surface area contributed by atoms with Gasteiger partial charge in [-0.25, -0.2) is 8.42 Å². The maximum absolute atomic E-state index is 11.4. The standard InChI is InChI=1S/C16H26N2O2S/c1-14(13-18-10-4-3-5-11-18)17-12-15-6-8-16(9-7-15)21(2,19)20/h6-9,14,17H,3-5,10-13H2,1-2H3. The molecule has 1 fully saturated rings. The summed E-state index contributed by atoms with van der Waals surface area (Å²) in [5.41, 5.74) is 1.12. The maximum atomic E-state index is 11.4. The van der Waals surface area contributed by atoms with Crippen LogP contribution in [0.3, 0.4) is 0 Å². The molecule has 5 heteroatoms. The Kier molecular flexibility index (Phi) is 5.79. The fourth-order valence-electron chi connectivity index (χ4n) is 2.74. The zero-order valence-corrected chi connectivity index (χ0v) is 13.8. The molecule has 1 atom stereocenters. The third-order valence-corrected chi connectivity index (χ3v) is 5.12. The predicted octanol–water partition coefficient (Wildman–Crippen LogP) is 2.05. The third kappa shape index (κ3) is 5.41. The number of hydrogen-bond donors (Lipinski definition) is 1. The first-order valence-electron chi connectivity index (χ1n) is 7.70. The molecule has 1 N–H and O–H groups in total. The fourth-order valence-corrected chi connectivity index (χ4v) is 3.37. The molecule has 1 heterocycles. The quantitative estimate of drug-likeness (QED) is 0.874. The second kappa shape index (κ2) is 7.38. The summed E-state index contributed by atoms with van der Waals surface area (Å²) in [5, 5.41) is 3.51. The molecule has 0 radical (unpaired) electrons. The number of nitrogens with zero attached hydrogens (tertiary/aromatic N) is 1. The van der Waals surface area contributed by atoms with Crippen molar-refractivity contribution < 1.29 is 8.42 Å². The average Bonchev–Trinajstić information content (AvgIpc) is 2.46. The summed E-state index contributed by atoms with van der Waals surface area (Å²) in [4.78, 5) is 2.90. The first kappa shape index (κ1) is 16.5. The van der Waals surface area contributed by atoms with Gasteiger partial charge >= 0.3 is 0 Å². The number of hydrogen-bond acceptors (Lipinski definition) is 4. The van der Waals surface area contributed by atoms with Crippen molar-refractivity contribution in [3.63, 3.8) is 0 Å². The summed E-state index contributed by atoms with van der Waals surface area (Å²) in [7, 11) is -3.10. The first-order chi connectivity index (χ1) is 9.95. The van der Waals surface area contributed by atoms with E-state index in [1.807, 2.05) is 12.1 Å². The Balaban J connectivity index is 1.79. The molecule has 1 aromatic rings. The minimum Gasteiger partial charge on any atom is -0.309 e. The van der Waals surface area contributed by atoms with Crippen LogP contribution in [0.5, 0.6) is 0 Å². The van der Waals surface area contributed by atoms with Crippen molar-refractivity contribution in [3.8, 4) is 0 Å². The lowest BCUT2D eigenvalue weighted by Gasteiger charge is -2.29. The van der Waals surface area contributed by atoms with Gasteiger partial charge in [-0.3, -0.25) is 0 Å². The summed E-state index contributed by atoms with van der Waals surface area (Å²) in [6.45, 7) is 6.50. The van der Waals surface area contributed by atoms with Gasteiger partial charge in [-0.2, -0.15) is 0 Å². The number of rotatable bonds is 6.